The number of benzene rings is 2. The third-order valence-electron chi connectivity index (χ3n) is 9.00. The molecule has 3 aliphatic carbocycles. The summed E-state index contributed by atoms with van der Waals surface area (Å²) >= 11 is 0. The molecule has 0 heterocycles. The van der Waals surface area contributed by atoms with Gasteiger partial charge in [-0.25, -0.2) is 12.8 Å². The fourth-order valence-electron chi connectivity index (χ4n) is 6.83. The lowest BCUT2D eigenvalue weighted by atomic mass is 9.83. The highest BCUT2D eigenvalue weighted by atomic mass is 32.2. The normalized spacial score (nSPS) is 26.2. The summed E-state index contributed by atoms with van der Waals surface area (Å²) in [6, 6.07) is 5.38. The van der Waals surface area contributed by atoms with E-state index in [2.05, 4.69) is 10.6 Å². The van der Waals surface area contributed by atoms with Crippen LogP contribution in [0.15, 0.2) is 41.3 Å². The maximum Gasteiger partial charge on any atom is 0.501 e. The molecule has 10 nitrogen and oxygen atoms in total. The Morgan fingerprint density at radius 3 is 2.40 bits per heavy atom. The topological polar surface area (TPSA) is 148 Å². The number of carbonyl (C=O) groups excluding carboxylic acids is 2. The van der Waals surface area contributed by atoms with Crippen LogP contribution in [0.4, 0.5) is 23.2 Å². The van der Waals surface area contributed by atoms with Gasteiger partial charge in [0.15, 0.2) is 11.6 Å². The molecule has 2 aromatic carbocycles. The molecule has 2 aromatic rings. The molecule has 5 rings (SSSR count). The van der Waals surface area contributed by atoms with Crippen LogP contribution in [0, 0.1) is 29.5 Å². The molecular formula is C30H32F4N2O8S. The van der Waals surface area contributed by atoms with Crippen LogP contribution in [0.1, 0.15) is 55.3 Å². The minimum Gasteiger partial charge on any atom is -0.496 e. The second-order valence-corrected chi connectivity index (χ2v) is 13.7. The first-order chi connectivity index (χ1) is 21.2. The van der Waals surface area contributed by atoms with Crippen molar-refractivity contribution in [1.82, 2.24) is 5.32 Å². The Bertz CT molecular complexity index is 1600. The number of aliphatic carboxylic acids is 1. The number of carboxylic acids is 1. The fourth-order valence-corrected chi connectivity index (χ4v) is 7.64. The van der Waals surface area contributed by atoms with E-state index in [-0.39, 0.29) is 41.0 Å². The smallest absolute Gasteiger partial charge is 0.496 e. The first-order valence-electron chi connectivity index (χ1n) is 14.5. The molecule has 2 amide bonds. The Hall–Kier alpha value is -3.88. The number of methoxy groups -OCH3 is 1. The molecule has 0 unspecified atom stereocenters. The highest BCUT2D eigenvalue weighted by molar-refractivity contribution is 7.92. The van der Waals surface area contributed by atoms with E-state index >= 15 is 0 Å². The van der Waals surface area contributed by atoms with E-state index in [1.165, 1.54) is 19.2 Å². The zero-order valence-corrected chi connectivity index (χ0v) is 24.9. The van der Waals surface area contributed by atoms with Crippen LogP contribution in [-0.4, -0.2) is 56.1 Å². The maximum atomic E-state index is 15.0. The number of hydrogen-bond acceptors (Lipinski definition) is 7. The van der Waals surface area contributed by atoms with Gasteiger partial charge in [-0.05, 0) is 81.0 Å². The van der Waals surface area contributed by atoms with E-state index in [1.807, 2.05) is 0 Å². The van der Waals surface area contributed by atoms with Crippen molar-refractivity contribution in [3.8, 4) is 11.5 Å². The fraction of sp³-hybridized carbons (Fsp3) is 0.500. The van der Waals surface area contributed by atoms with Crippen molar-refractivity contribution in [2.45, 2.75) is 67.5 Å². The molecule has 6 atom stereocenters. The number of rotatable bonds is 9. The Morgan fingerprint density at radius 1 is 0.978 bits per heavy atom. The van der Waals surface area contributed by atoms with Crippen LogP contribution in [0.25, 0.3) is 0 Å². The van der Waals surface area contributed by atoms with Gasteiger partial charge in [0.25, 0.3) is 15.7 Å². The summed E-state index contributed by atoms with van der Waals surface area (Å²) < 4.78 is 88.9. The van der Waals surface area contributed by atoms with Crippen molar-refractivity contribution in [2.24, 2.45) is 23.7 Å². The van der Waals surface area contributed by atoms with Crippen LogP contribution in [0.3, 0.4) is 0 Å². The largest absolute Gasteiger partial charge is 0.501 e. The van der Waals surface area contributed by atoms with E-state index in [4.69, 9.17) is 9.47 Å². The molecule has 3 N–H and O–H groups in total. The van der Waals surface area contributed by atoms with E-state index in [0.29, 0.717) is 32.1 Å². The second-order valence-electron chi connectivity index (χ2n) is 11.7. The summed E-state index contributed by atoms with van der Waals surface area (Å²) in [6.07, 6.45) is 3.25. The van der Waals surface area contributed by atoms with E-state index in [1.54, 1.807) is 0 Å². The van der Waals surface area contributed by atoms with Gasteiger partial charge in [-0.3, -0.25) is 14.4 Å². The number of carboxylic acid groups (broad SMARTS) is 1. The minimum absolute atomic E-state index is 0.0634. The number of hydrogen-bond donors (Lipinski definition) is 3. The molecule has 2 bridgehead atoms. The van der Waals surface area contributed by atoms with E-state index < -0.39 is 67.8 Å². The molecule has 0 saturated heterocycles. The zero-order chi connectivity index (χ0) is 32.7. The number of ether oxygens (including phenoxy) is 2. The number of fused-ring (bicyclic) bond motifs is 2. The predicted octanol–water partition coefficient (Wildman–Crippen LogP) is 4.93. The van der Waals surface area contributed by atoms with Crippen molar-refractivity contribution >= 4 is 33.3 Å². The molecule has 3 aliphatic rings. The number of sulfone groups is 1. The summed E-state index contributed by atoms with van der Waals surface area (Å²) in [6.45, 7) is 0. The molecule has 244 valence electrons. The van der Waals surface area contributed by atoms with Crippen LogP contribution in [-0.2, 0) is 19.4 Å². The second kappa shape index (κ2) is 12.5. The summed E-state index contributed by atoms with van der Waals surface area (Å²) in [7, 11) is -4.38. The molecule has 15 heteroatoms. The van der Waals surface area contributed by atoms with Gasteiger partial charge in [0.05, 0.1) is 35.5 Å². The molecule has 0 aromatic heterocycles. The first-order valence-corrected chi connectivity index (χ1v) is 16.0. The summed E-state index contributed by atoms with van der Waals surface area (Å²) in [5.74, 6) is -4.95. The van der Waals surface area contributed by atoms with Crippen molar-refractivity contribution in [3.63, 3.8) is 0 Å². The third-order valence-corrected chi connectivity index (χ3v) is 10.5. The van der Waals surface area contributed by atoms with Gasteiger partial charge in [0, 0.05) is 17.8 Å². The van der Waals surface area contributed by atoms with Gasteiger partial charge in [0.2, 0.25) is 5.91 Å². The van der Waals surface area contributed by atoms with Gasteiger partial charge in [-0.15, -0.1) is 0 Å². The average molecular weight is 657 g/mol. The van der Waals surface area contributed by atoms with Crippen molar-refractivity contribution in [1.29, 1.82) is 0 Å². The summed E-state index contributed by atoms with van der Waals surface area (Å²) in [5.41, 5.74) is -5.72. The van der Waals surface area contributed by atoms with Crippen LogP contribution in [0.5, 0.6) is 11.5 Å². The van der Waals surface area contributed by atoms with Gasteiger partial charge in [-0.2, -0.15) is 13.2 Å². The van der Waals surface area contributed by atoms with Crippen molar-refractivity contribution in [2.75, 3.05) is 12.4 Å². The minimum atomic E-state index is -5.63. The number of alkyl halides is 3. The van der Waals surface area contributed by atoms with Gasteiger partial charge in [0.1, 0.15) is 5.75 Å². The van der Waals surface area contributed by atoms with Crippen LogP contribution in [0.2, 0.25) is 0 Å². The number of halogens is 4. The molecule has 0 radical (unpaired) electrons. The summed E-state index contributed by atoms with van der Waals surface area (Å²) in [4.78, 5) is 37.4. The lowest BCUT2D eigenvalue weighted by Crippen LogP contribution is -2.48. The van der Waals surface area contributed by atoms with Gasteiger partial charge < -0.3 is 25.2 Å². The highest BCUT2D eigenvalue weighted by Gasteiger charge is 2.52. The maximum absolute atomic E-state index is 15.0. The lowest BCUT2D eigenvalue weighted by Gasteiger charge is -2.31. The van der Waals surface area contributed by atoms with Crippen molar-refractivity contribution < 1.29 is 54.9 Å². The SMILES string of the molecule is COc1cc(F)c(O[C@@H]2CCC[C@H](C(=O)O)C2)cc1C(=O)N[C@@H]1[C@H]2CC[C@H](C2)[C@@H]1C(=O)Nc1cccc(S(=O)(=O)C(F)(F)F)c1. The average Bonchev–Trinajstić information content (AvgIpc) is 3.59. The molecule has 45 heavy (non-hydrogen) atoms. The molecule has 0 aliphatic heterocycles. The van der Waals surface area contributed by atoms with Crippen LogP contribution < -0.4 is 20.1 Å². The Labute approximate surface area is 256 Å². The van der Waals surface area contributed by atoms with Crippen molar-refractivity contribution in [3.05, 3.63) is 47.8 Å². The predicted molar refractivity (Wildman–Crippen MR) is 151 cm³/mol. The number of amides is 2. The number of carbonyl (C=O) groups is 3. The van der Waals surface area contributed by atoms with Gasteiger partial charge in [-0.1, -0.05) is 6.07 Å². The third kappa shape index (κ3) is 6.58. The first kappa shape index (κ1) is 32.5. The highest BCUT2D eigenvalue weighted by Crippen LogP contribution is 2.49. The Morgan fingerprint density at radius 2 is 1.71 bits per heavy atom. The molecular weight excluding hydrogens is 624 g/mol. The Kier molecular flexibility index (Phi) is 9.02. The zero-order valence-electron chi connectivity index (χ0n) is 24.1. The Balaban J connectivity index is 1.34. The monoisotopic (exact) mass is 656 g/mol. The number of nitrogens with one attached hydrogen (secondary N) is 2. The van der Waals surface area contributed by atoms with E-state index in [0.717, 1.165) is 30.7 Å². The quantitative estimate of drug-likeness (QED) is 0.322. The molecule has 3 saturated carbocycles. The molecule has 0 spiro atoms. The van der Waals surface area contributed by atoms with Gasteiger partial charge >= 0.3 is 11.5 Å². The molecule has 3 fully saturated rings. The van der Waals surface area contributed by atoms with E-state index in [9.17, 15) is 45.5 Å². The number of anilines is 1. The summed E-state index contributed by atoms with van der Waals surface area (Å²) in [5, 5.41) is 14.7. The van der Waals surface area contributed by atoms with Crippen LogP contribution >= 0.6 is 0 Å². The lowest BCUT2D eigenvalue weighted by molar-refractivity contribution is -0.143. The standard InChI is InChI=1S/C30H32F4N2O8S/c1-43-23-14-22(31)24(44-19-6-2-4-17(11-19)29(39)40)13-21(23)27(37)36-26-16-9-8-15(10-16)25(26)28(38)35-18-5-3-7-20(12-18)45(41,42)30(32,33)34/h3,5,7,12-17,19,25-26H,2,4,6,8-11H2,1H3,(H,35,38)(H,36,37)(H,39,40)/t15-,16+,17+,19-,25+,26-/m1/s1.